The highest BCUT2D eigenvalue weighted by Gasteiger charge is 2.32. The number of nitro groups is 1. The summed E-state index contributed by atoms with van der Waals surface area (Å²) in [6.45, 7) is 5.76. The van der Waals surface area contributed by atoms with Crippen LogP contribution >= 0.6 is 0 Å². The van der Waals surface area contributed by atoms with Crippen molar-refractivity contribution in [2.24, 2.45) is 7.05 Å². The van der Waals surface area contributed by atoms with Crippen molar-refractivity contribution in [1.82, 2.24) is 14.7 Å². The first-order chi connectivity index (χ1) is 8.14. The lowest BCUT2D eigenvalue weighted by molar-refractivity contribution is -0.386. The maximum absolute atomic E-state index is 11.3. The van der Waals surface area contributed by atoms with E-state index in [-0.39, 0.29) is 16.0 Å². The van der Waals surface area contributed by atoms with Crippen molar-refractivity contribution in [1.29, 1.82) is 0 Å². The van der Waals surface area contributed by atoms with Crippen molar-refractivity contribution >= 4 is 11.8 Å². The molecule has 0 bridgehead atoms. The van der Waals surface area contributed by atoms with E-state index in [1.165, 1.54) is 0 Å². The fourth-order valence-corrected chi connectivity index (χ4v) is 1.62. The second-order valence-electron chi connectivity index (χ2n) is 5.49. The average molecular weight is 252 g/mol. The van der Waals surface area contributed by atoms with Crippen LogP contribution in [0.3, 0.4) is 0 Å². The minimum absolute atomic E-state index is 0.0862. The summed E-state index contributed by atoms with van der Waals surface area (Å²) in [6.07, 6.45) is 3.48. The zero-order chi connectivity index (χ0) is 14.1. The number of aromatic nitrogens is 2. The molecule has 6 nitrogen and oxygen atoms in total. The molecule has 1 rings (SSSR count). The minimum Gasteiger partial charge on any atom is -0.383 e. The van der Waals surface area contributed by atoms with E-state index >= 15 is 0 Å². The number of hydrogen-bond donors (Lipinski definition) is 0. The van der Waals surface area contributed by atoms with Gasteiger partial charge in [-0.2, -0.15) is 5.10 Å². The lowest BCUT2D eigenvalue weighted by Crippen LogP contribution is -2.14. The first-order valence-electron chi connectivity index (χ1n) is 5.71. The highest BCUT2D eigenvalue weighted by atomic mass is 16.6. The van der Waals surface area contributed by atoms with E-state index in [9.17, 15) is 10.1 Å². The van der Waals surface area contributed by atoms with Crippen molar-refractivity contribution in [3.05, 3.63) is 27.7 Å². The quantitative estimate of drug-likeness (QED) is 0.611. The third-order valence-electron chi connectivity index (χ3n) is 2.49. The Labute approximate surface area is 107 Å². The Morgan fingerprint density at radius 1 is 1.39 bits per heavy atom. The molecule has 100 valence electrons. The standard InChI is InChI=1S/C12H20N4O2/c1-12(2,3)11-10(16(17)18)9(15(6)13-11)7-8-14(4)5/h7-8H,1-6H3/b8-7+. The van der Waals surface area contributed by atoms with Crippen LogP contribution in [0, 0.1) is 10.1 Å². The van der Waals surface area contributed by atoms with Gasteiger partial charge in [-0.1, -0.05) is 20.8 Å². The van der Waals surface area contributed by atoms with E-state index in [0.717, 1.165) is 0 Å². The van der Waals surface area contributed by atoms with Gasteiger partial charge in [-0.05, 0) is 6.08 Å². The Morgan fingerprint density at radius 2 is 1.94 bits per heavy atom. The summed E-state index contributed by atoms with van der Waals surface area (Å²) in [7, 11) is 5.45. The van der Waals surface area contributed by atoms with Gasteiger partial charge in [0.05, 0.1) is 4.92 Å². The van der Waals surface area contributed by atoms with Crippen molar-refractivity contribution < 1.29 is 4.92 Å². The molecule has 0 radical (unpaired) electrons. The molecule has 1 heterocycles. The van der Waals surface area contributed by atoms with Crippen LogP contribution in [0.1, 0.15) is 32.2 Å². The smallest absolute Gasteiger partial charge is 0.318 e. The Morgan fingerprint density at radius 3 is 2.33 bits per heavy atom. The molecular formula is C12H20N4O2. The largest absolute Gasteiger partial charge is 0.383 e. The molecule has 1 aromatic heterocycles. The van der Waals surface area contributed by atoms with Gasteiger partial charge in [-0.25, -0.2) is 0 Å². The number of rotatable bonds is 3. The third kappa shape index (κ3) is 2.88. The lowest BCUT2D eigenvalue weighted by Gasteiger charge is -2.13. The van der Waals surface area contributed by atoms with Gasteiger partial charge in [-0.15, -0.1) is 0 Å². The Balaban J connectivity index is 3.43. The Kier molecular flexibility index (Phi) is 3.79. The van der Waals surface area contributed by atoms with E-state index in [2.05, 4.69) is 5.10 Å². The van der Waals surface area contributed by atoms with Crippen molar-refractivity contribution in [2.75, 3.05) is 14.1 Å². The van der Waals surface area contributed by atoms with E-state index < -0.39 is 0 Å². The minimum atomic E-state index is -0.358. The molecule has 0 aliphatic heterocycles. The zero-order valence-electron chi connectivity index (χ0n) is 11.8. The summed E-state index contributed by atoms with van der Waals surface area (Å²) < 4.78 is 1.55. The van der Waals surface area contributed by atoms with Crippen LogP contribution in [0.25, 0.3) is 6.08 Å². The van der Waals surface area contributed by atoms with Gasteiger partial charge in [0.15, 0.2) is 0 Å². The Hall–Kier alpha value is -1.85. The fraction of sp³-hybridized carbons (Fsp3) is 0.583. The van der Waals surface area contributed by atoms with Crippen molar-refractivity contribution in [3.63, 3.8) is 0 Å². The number of hydrogen-bond acceptors (Lipinski definition) is 4. The van der Waals surface area contributed by atoms with Crippen LogP contribution in [0.5, 0.6) is 0 Å². The van der Waals surface area contributed by atoms with Gasteiger partial charge < -0.3 is 4.90 Å². The maximum Gasteiger partial charge on any atom is 0.318 e. The molecule has 0 atom stereocenters. The summed E-state index contributed by atoms with van der Waals surface area (Å²) in [5.41, 5.74) is 0.750. The molecule has 0 saturated heterocycles. The van der Waals surface area contributed by atoms with E-state index in [1.807, 2.05) is 39.8 Å². The van der Waals surface area contributed by atoms with Gasteiger partial charge in [0.1, 0.15) is 11.4 Å². The van der Waals surface area contributed by atoms with E-state index in [4.69, 9.17) is 0 Å². The van der Waals surface area contributed by atoms with E-state index in [0.29, 0.717) is 11.4 Å². The second kappa shape index (κ2) is 4.80. The Bertz CT molecular complexity index is 481. The van der Waals surface area contributed by atoms with Crippen LogP contribution in [0.4, 0.5) is 5.69 Å². The summed E-state index contributed by atoms with van der Waals surface area (Å²) in [6, 6.07) is 0. The van der Waals surface area contributed by atoms with Crippen LogP contribution in [-0.2, 0) is 12.5 Å². The third-order valence-corrected chi connectivity index (χ3v) is 2.49. The van der Waals surface area contributed by atoms with Crippen molar-refractivity contribution in [2.45, 2.75) is 26.2 Å². The normalized spacial score (nSPS) is 12.1. The molecule has 0 amide bonds. The van der Waals surface area contributed by atoms with E-state index in [1.54, 1.807) is 24.0 Å². The van der Waals surface area contributed by atoms with Crippen LogP contribution in [-0.4, -0.2) is 33.7 Å². The molecule has 0 aliphatic rings. The summed E-state index contributed by atoms with van der Waals surface area (Å²) in [4.78, 5) is 12.7. The zero-order valence-corrected chi connectivity index (χ0v) is 11.8. The molecule has 0 aromatic carbocycles. The second-order valence-corrected chi connectivity index (χ2v) is 5.49. The van der Waals surface area contributed by atoms with Gasteiger partial charge in [0.2, 0.25) is 0 Å². The predicted octanol–water partition coefficient (Wildman–Crippen LogP) is 2.16. The topological polar surface area (TPSA) is 64.2 Å². The van der Waals surface area contributed by atoms with Crippen LogP contribution in [0.2, 0.25) is 0 Å². The molecule has 1 aromatic rings. The molecule has 6 heteroatoms. The van der Waals surface area contributed by atoms with Crippen molar-refractivity contribution in [3.8, 4) is 0 Å². The van der Waals surface area contributed by atoms with Crippen LogP contribution in [0.15, 0.2) is 6.20 Å². The molecule has 0 fully saturated rings. The van der Waals surface area contributed by atoms with Gasteiger partial charge in [0, 0.05) is 32.8 Å². The first kappa shape index (κ1) is 14.2. The average Bonchev–Trinajstić information content (AvgIpc) is 2.52. The van der Waals surface area contributed by atoms with Gasteiger partial charge in [0.25, 0.3) is 0 Å². The maximum atomic E-state index is 11.3. The summed E-state index contributed by atoms with van der Waals surface area (Å²) in [5.74, 6) is 0. The molecule has 0 spiro atoms. The monoisotopic (exact) mass is 252 g/mol. The fourth-order valence-electron chi connectivity index (χ4n) is 1.62. The summed E-state index contributed by atoms with van der Waals surface area (Å²) >= 11 is 0. The number of nitrogens with zero attached hydrogens (tertiary/aromatic N) is 4. The highest BCUT2D eigenvalue weighted by Crippen LogP contribution is 2.33. The molecule has 0 saturated carbocycles. The first-order valence-corrected chi connectivity index (χ1v) is 5.71. The van der Waals surface area contributed by atoms with Gasteiger partial charge in [-0.3, -0.25) is 14.8 Å². The molecule has 18 heavy (non-hydrogen) atoms. The summed E-state index contributed by atoms with van der Waals surface area (Å²) in [5, 5.41) is 15.5. The lowest BCUT2D eigenvalue weighted by atomic mass is 9.91. The molecular weight excluding hydrogens is 232 g/mol. The molecule has 0 N–H and O–H groups in total. The highest BCUT2D eigenvalue weighted by molar-refractivity contribution is 5.60. The SMILES string of the molecule is CN(C)/C=C/c1c([N+](=O)[O-])c(C(C)(C)C)nn1C. The van der Waals surface area contributed by atoms with Crippen LogP contribution < -0.4 is 0 Å². The number of aryl methyl sites for hydroxylation is 1. The predicted molar refractivity (Wildman–Crippen MR) is 71.3 cm³/mol. The molecule has 0 aliphatic carbocycles. The molecule has 0 unspecified atom stereocenters. The van der Waals surface area contributed by atoms with Gasteiger partial charge >= 0.3 is 5.69 Å².